The first-order valence-electron chi connectivity index (χ1n) is 6.88. The second-order valence-electron chi connectivity index (χ2n) is 5.00. The zero-order valence-electron chi connectivity index (χ0n) is 11.6. The van der Waals surface area contributed by atoms with Gasteiger partial charge in [0, 0.05) is 5.71 Å². The summed E-state index contributed by atoms with van der Waals surface area (Å²) in [7, 11) is 0. The molecule has 0 saturated heterocycles. The van der Waals surface area contributed by atoms with Gasteiger partial charge in [0.1, 0.15) is 5.75 Å². The molecule has 4 nitrogen and oxygen atoms in total. The number of rotatable bonds is 4. The highest BCUT2D eigenvalue weighted by molar-refractivity contribution is 9.10. The average molecular weight is 339 g/mol. The normalized spacial score (nSPS) is 14.8. The topological polar surface area (TPSA) is 50.7 Å². The lowest BCUT2D eigenvalue weighted by Crippen LogP contribution is -2.26. The quantitative estimate of drug-likeness (QED) is 0.853. The molecule has 1 aromatic carbocycles. The first-order chi connectivity index (χ1) is 9.65. The van der Waals surface area contributed by atoms with Crippen LogP contribution in [-0.2, 0) is 4.79 Å². The van der Waals surface area contributed by atoms with Gasteiger partial charge in [0.15, 0.2) is 6.61 Å². The number of hydrogen-bond acceptors (Lipinski definition) is 3. The van der Waals surface area contributed by atoms with Gasteiger partial charge in [-0.2, -0.15) is 5.10 Å². The van der Waals surface area contributed by atoms with Crippen LogP contribution in [0.25, 0.3) is 0 Å². The van der Waals surface area contributed by atoms with Crippen LogP contribution >= 0.6 is 15.9 Å². The van der Waals surface area contributed by atoms with E-state index < -0.39 is 0 Å². The Labute approximate surface area is 127 Å². The van der Waals surface area contributed by atoms with Gasteiger partial charge in [0.2, 0.25) is 0 Å². The number of carbonyl (C=O) groups excluding carboxylic acids is 1. The molecule has 1 saturated carbocycles. The standard InChI is InChI=1S/C15H19BrN2O2/c1-11-7-8-14(13(16)9-11)20-10-15(19)18-17-12-5-3-2-4-6-12/h7-9H,2-6,10H2,1H3,(H,18,19). The Kier molecular flexibility index (Phi) is 5.59. The first kappa shape index (κ1) is 15.0. The maximum Gasteiger partial charge on any atom is 0.277 e. The van der Waals surface area contributed by atoms with Crippen molar-refractivity contribution in [3.8, 4) is 5.75 Å². The molecule has 0 aromatic heterocycles. The van der Waals surface area contributed by atoms with Crippen molar-refractivity contribution in [3.63, 3.8) is 0 Å². The van der Waals surface area contributed by atoms with E-state index in [0.29, 0.717) is 5.75 Å². The van der Waals surface area contributed by atoms with Crippen molar-refractivity contribution >= 4 is 27.5 Å². The number of hydrogen-bond donors (Lipinski definition) is 1. The molecule has 20 heavy (non-hydrogen) atoms. The molecule has 0 spiro atoms. The minimum absolute atomic E-state index is 0.0293. The molecule has 5 heteroatoms. The maximum atomic E-state index is 11.7. The lowest BCUT2D eigenvalue weighted by Gasteiger charge is -2.12. The summed E-state index contributed by atoms with van der Waals surface area (Å²) in [5, 5.41) is 4.16. The molecule has 0 aliphatic heterocycles. The van der Waals surface area contributed by atoms with Crippen LogP contribution < -0.4 is 10.2 Å². The van der Waals surface area contributed by atoms with Crippen molar-refractivity contribution in [1.82, 2.24) is 5.43 Å². The van der Waals surface area contributed by atoms with E-state index in [2.05, 4.69) is 26.5 Å². The Morgan fingerprint density at radius 1 is 1.35 bits per heavy atom. The highest BCUT2D eigenvalue weighted by Crippen LogP contribution is 2.25. The number of benzene rings is 1. The smallest absolute Gasteiger partial charge is 0.277 e. The van der Waals surface area contributed by atoms with Crippen molar-refractivity contribution in [2.24, 2.45) is 5.10 Å². The zero-order chi connectivity index (χ0) is 14.4. The van der Waals surface area contributed by atoms with Gasteiger partial charge in [-0.25, -0.2) is 5.43 Å². The Hall–Kier alpha value is -1.36. The third-order valence-electron chi connectivity index (χ3n) is 3.22. The van der Waals surface area contributed by atoms with Crippen LogP contribution in [0, 0.1) is 6.92 Å². The second kappa shape index (κ2) is 7.43. The van der Waals surface area contributed by atoms with Gasteiger partial charge in [-0.05, 0) is 66.2 Å². The van der Waals surface area contributed by atoms with Crippen LogP contribution in [0.5, 0.6) is 5.75 Å². The lowest BCUT2D eigenvalue weighted by atomic mass is 9.99. The van der Waals surface area contributed by atoms with E-state index in [4.69, 9.17) is 4.74 Å². The van der Waals surface area contributed by atoms with Crippen molar-refractivity contribution in [3.05, 3.63) is 28.2 Å². The summed E-state index contributed by atoms with van der Waals surface area (Å²) in [4.78, 5) is 11.7. The Morgan fingerprint density at radius 2 is 2.10 bits per heavy atom. The average Bonchev–Trinajstić information content (AvgIpc) is 2.45. The number of amides is 1. The molecule has 0 unspecified atom stereocenters. The van der Waals surface area contributed by atoms with Gasteiger partial charge in [0.25, 0.3) is 5.91 Å². The van der Waals surface area contributed by atoms with E-state index in [0.717, 1.165) is 28.6 Å². The van der Waals surface area contributed by atoms with Crippen LogP contribution in [0.2, 0.25) is 0 Å². The Balaban J connectivity index is 1.80. The Bertz CT molecular complexity index is 507. The van der Waals surface area contributed by atoms with Gasteiger partial charge >= 0.3 is 0 Å². The molecule has 1 amide bonds. The molecular weight excluding hydrogens is 320 g/mol. The van der Waals surface area contributed by atoms with Gasteiger partial charge < -0.3 is 4.74 Å². The third-order valence-corrected chi connectivity index (χ3v) is 3.84. The summed E-state index contributed by atoms with van der Waals surface area (Å²) in [6, 6.07) is 5.75. The molecule has 1 N–H and O–H groups in total. The van der Waals surface area contributed by atoms with E-state index in [-0.39, 0.29) is 12.5 Å². The van der Waals surface area contributed by atoms with Gasteiger partial charge in [0.05, 0.1) is 4.47 Å². The highest BCUT2D eigenvalue weighted by Gasteiger charge is 2.08. The lowest BCUT2D eigenvalue weighted by molar-refractivity contribution is -0.123. The third kappa shape index (κ3) is 4.63. The molecule has 2 rings (SSSR count). The first-order valence-corrected chi connectivity index (χ1v) is 7.67. The van der Waals surface area contributed by atoms with Gasteiger partial charge in [-0.3, -0.25) is 4.79 Å². The summed E-state index contributed by atoms with van der Waals surface area (Å²) in [5.41, 5.74) is 4.78. The molecule has 0 heterocycles. The second-order valence-corrected chi connectivity index (χ2v) is 5.85. The Morgan fingerprint density at radius 3 is 2.80 bits per heavy atom. The summed E-state index contributed by atoms with van der Waals surface area (Å²) in [5.74, 6) is 0.437. The number of ether oxygens (including phenoxy) is 1. The van der Waals surface area contributed by atoms with Gasteiger partial charge in [-0.15, -0.1) is 0 Å². The van der Waals surface area contributed by atoms with E-state index >= 15 is 0 Å². The number of nitrogens with zero attached hydrogens (tertiary/aromatic N) is 1. The SMILES string of the molecule is Cc1ccc(OCC(=O)NN=C2CCCCC2)c(Br)c1. The number of nitrogens with one attached hydrogen (secondary N) is 1. The van der Waals surface area contributed by atoms with Crippen LogP contribution in [-0.4, -0.2) is 18.2 Å². The number of hydrazone groups is 1. The van der Waals surface area contributed by atoms with Crippen LogP contribution in [0.4, 0.5) is 0 Å². The summed E-state index contributed by atoms with van der Waals surface area (Å²) < 4.78 is 6.32. The fraction of sp³-hybridized carbons (Fsp3) is 0.467. The van der Waals surface area contributed by atoms with Crippen molar-refractivity contribution in [2.75, 3.05) is 6.61 Å². The molecule has 0 radical (unpaired) electrons. The molecular formula is C15H19BrN2O2. The molecule has 1 aliphatic carbocycles. The van der Waals surface area contributed by atoms with Gasteiger partial charge in [-0.1, -0.05) is 12.5 Å². The monoisotopic (exact) mass is 338 g/mol. The van der Waals surface area contributed by atoms with Crippen molar-refractivity contribution in [1.29, 1.82) is 0 Å². The van der Waals surface area contributed by atoms with E-state index in [1.54, 1.807) is 0 Å². The summed E-state index contributed by atoms with van der Waals surface area (Å²) >= 11 is 3.41. The molecule has 108 valence electrons. The summed E-state index contributed by atoms with van der Waals surface area (Å²) in [6.45, 7) is 1.97. The van der Waals surface area contributed by atoms with Crippen LogP contribution in [0.15, 0.2) is 27.8 Å². The fourth-order valence-corrected chi connectivity index (χ4v) is 2.72. The summed E-state index contributed by atoms with van der Waals surface area (Å²) in [6.07, 6.45) is 5.58. The minimum atomic E-state index is -0.226. The number of aryl methyl sites for hydroxylation is 1. The number of carbonyl (C=O) groups is 1. The van der Waals surface area contributed by atoms with Crippen molar-refractivity contribution < 1.29 is 9.53 Å². The predicted octanol–water partition coefficient (Wildman–Crippen LogP) is 3.57. The maximum absolute atomic E-state index is 11.7. The highest BCUT2D eigenvalue weighted by atomic mass is 79.9. The zero-order valence-corrected chi connectivity index (χ0v) is 13.2. The van der Waals surface area contributed by atoms with Crippen LogP contribution in [0.1, 0.15) is 37.7 Å². The van der Waals surface area contributed by atoms with E-state index in [1.807, 2.05) is 25.1 Å². The molecule has 1 aromatic rings. The van der Waals surface area contributed by atoms with Crippen LogP contribution in [0.3, 0.4) is 0 Å². The minimum Gasteiger partial charge on any atom is -0.483 e. The number of halogens is 1. The predicted molar refractivity (Wildman–Crippen MR) is 83.0 cm³/mol. The molecule has 0 bridgehead atoms. The largest absolute Gasteiger partial charge is 0.483 e. The van der Waals surface area contributed by atoms with Crippen molar-refractivity contribution in [2.45, 2.75) is 39.0 Å². The molecule has 1 fully saturated rings. The fourth-order valence-electron chi connectivity index (χ4n) is 2.11. The molecule has 0 atom stereocenters. The van der Waals surface area contributed by atoms with E-state index in [1.165, 1.54) is 19.3 Å². The van der Waals surface area contributed by atoms with E-state index in [9.17, 15) is 4.79 Å². The molecule has 1 aliphatic rings.